The highest BCUT2D eigenvalue weighted by Gasteiger charge is 2.26. The second-order valence-corrected chi connectivity index (χ2v) is 5.29. The Bertz CT molecular complexity index is 538. The average Bonchev–Trinajstić information content (AvgIpc) is 2.39. The van der Waals surface area contributed by atoms with Crippen LogP contribution < -0.4 is 0 Å². The van der Waals surface area contributed by atoms with Gasteiger partial charge in [-0.3, -0.25) is 9.97 Å². The summed E-state index contributed by atoms with van der Waals surface area (Å²) in [4.78, 5) is 8.76. The number of hydrogen-bond donors (Lipinski definition) is 0. The third-order valence-corrected chi connectivity index (χ3v) is 3.71. The first-order valence-electron chi connectivity index (χ1n) is 5.90. The molecule has 0 fully saturated rings. The average molecular weight is 212 g/mol. The highest BCUT2D eigenvalue weighted by molar-refractivity contribution is 5.85. The Hall–Kier alpha value is -1.44. The molecule has 0 saturated carbocycles. The normalized spacial score (nSPS) is 18.4. The maximum Gasteiger partial charge on any atom is 0.0890 e. The Morgan fingerprint density at radius 2 is 2.12 bits per heavy atom. The minimum absolute atomic E-state index is 0.223. The lowest BCUT2D eigenvalue weighted by atomic mass is 9.81. The summed E-state index contributed by atoms with van der Waals surface area (Å²) in [5.74, 6) is 0. The van der Waals surface area contributed by atoms with E-state index in [-0.39, 0.29) is 5.41 Å². The lowest BCUT2D eigenvalue weighted by Gasteiger charge is -2.24. The Morgan fingerprint density at radius 1 is 1.25 bits per heavy atom. The molecule has 2 heteroatoms. The Labute approximate surface area is 95.7 Å². The molecule has 0 aliphatic heterocycles. The van der Waals surface area contributed by atoms with Gasteiger partial charge in [0.15, 0.2) is 0 Å². The van der Waals surface area contributed by atoms with Gasteiger partial charge in [0.25, 0.3) is 0 Å². The van der Waals surface area contributed by atoms with Crippen LogP contribution in [0.5, 0.6) is 0 Å². The van der Waals surface area contributed by atoms with Crippen molar-refractivity contribution in [2.75, 3.05) is 0 Å². The van der Waals surface area contributed by atoms with Crippen LogP contribution in [0.15, 0.2) is 24.7 Å². The van der Waals surface area contributed by atoms with Gasteiger partial charge in [0.2, 0.25) is 0 Å². The molecule has 82 valence electrons. The van der Waals surface area contributed by atoms with Crippen molar-refractivity contribution in [1.82, 2.24) is 9.97 Å². The number of nitrogens with zero attached hydrogens (tertiary/aromatic N) is 2. The lowest BCUT2D eigenvalue weighted by Crippen LogP contribution is -2.16. The fraction of sp³-hybridized carbons (Fsp3) is 0.429. The maximum absolute atomic E-state index is 4.43. The van der Waals surface area contributed by atoms with Crippen LogP contribution in [-0.4, -0.2) is 9.97 Å². The van der Waals surface area contributed by atoms with Crippen LogP contribution in [0.2, 0.25) is 0 Å². The summed E-state index contributed by atoms with van der Waals surface area (Å²) in [6, 6.07) is 2.16. The minimum Gasteiger partial charge on any atom is -0.262 e. The molecule has 0 amide bonds. The van der Waals surface area contributed by atoms with Crippen molar-refractivity contribution >= 4 is 10.9 Å². The molecule has 0 saturated heterocycles. The van der Waals surface area contributed by atoms with Crippen LogP contribution in [0.3, 0.4) is 0 Å². The van der Waals surface area contributed by atoms with Crippen LogP contribution in [0.25, 0.3) is 10.9 Å². The largest absolute Gasteiger partial charge is 0.262 e. The van der Waals surface area contributed by atoms with Crippen molar-refractivity contribution in [3.63, 3.8) is 0 Å². The first-order chi connectivity index (χ1) is 7.68. The van der Waals surface area contributed by atoms with E-state index in [9.17, 15) is 0 Å². The van der Waals surface area contributed by atoms with E-state index in [1.807, 2.05) is 18.6 Å². The number of rotatable bonds is 0. The Balaban J connectivity index is 2.43. The second kappa shape index (κ2) is 3.27. The van der Waals surface area contributed by atoms with Crippen molar-refractivity contribution < 1.29 is 0 Å². The highest BCUT2D eigenvalue weighted by atomic mass is 14.7. The van der Waals surface area contributed by atoms with Crippen molar-refractivity contribution in [1.29, 1.82) is 0 Å². The molecular formula is C14H16N2. The smallest absolute Gasteiger partial charge is 0.0890 e. The van der Waals surface area contributed by atoms with Gasteiger partial charge in [0, 0.05) is 17.8 Å². The van der Waals surface area contributed by atoms with Gasteiger partial charge in [-0.25, -0.2) is 0 Å². The Kier molecular flexibility index (Phi) is 2.00. The third-order valence-electron chi connectivity index (χ3n) is 3.71. The summed E-state index contributed by atoms with van der Waals surface area (Å²) < 4.78 is 0. The molecule has 1 aliphatic carbocycles. The molecule has 0 radical (unpaired) electrons. The maximum atomic E-state index is 4.43. The van der Waals surface area contributed by atoms with E-state index in [0.717, 1.165) is 5.52 Å². The zero-order valence-corrected chi connectivity index (χ0v) is 9.83. The molecule has 0 bridgehead atoms. The van der Waals surface area contributed by atoms with E-state index in [0.29, 0.717) is 0 Å². The molecule has 1 aliphatic rings. The molecule has 0 aromatic carbocycles. The number of aromatic nitrogens is 2. The van der Waals surface area contributed by atoms with E-state index >= 15 is 0 Å². The van der Waals surface area contributed by atoms with E-state index in [2.05, 4.69) is 29.9 Å². The third kappa shape index (κ3) is 1.33. The molecule has 0 N–H and O–H groups in total. The molecule has 3 rings (SSSR count). The summed E-state index contributed by atoms with van der Waals surface area (Å²) in [5.41, 5.74) is 4.07. The molecule has 2 aromatic heterocycles. The quantitative estimate of drug-likeness (QED) is 0.670. The van der Waals surface area contributed by atoms with E-state index < -0.39 is 0 Å². The van der Waals surface area contributed by atoms with Crippen molar-refractivity contribution in [2.24, 2.45) is 0 Å². The first kappa shape index (κ1) is 9.76. The van der Waals surface area contributed by atoms with Gasteiger partial charge in [-0.15, -0.1) is 0 Å². The second-order valence-electron chi connectivity index (χ2n) is 5.29. The zero-order chi connectivity index (χ0) is 11.2. The molecule has 0 atom stereocenters. The van der Waals surface area contributed by atoms with E-state index in [1.54, 1.807) is 0 Å². The highest BCUT2D eigenvalue weighted by Crippen LogP contribution is 2.37. The predicted octanol–water partition coefficient (Wildman–Crippen LogP) is 3.24. The van der Waals surface area contributed by atoms with Crippen LogP contribution in [0, 0.1) is 0 Å². The standard InChI is InChI=1S/C14H16N2/c1-14(2)6-3-4-10-5-7-16-12-9-15-8-11(14)13(10)12/h5,7-9H,3-4,6H2,1-2H3. The number of pyridine rings is 2. The molecule has 2 aromatic rings. The van der Waals surface area contributed by atoms with Crippen molar-refractivity contribution in [3.8, 4) is 0 Å². The van der Waals surface area contributed by atoms with Crippen LogP contribution in [0.1, 0.15) is 37.8 Å². The number of aryl methyl sites for hydroxylation is 1. The van der Waals surface area contributed by atoms with E-state index in [4.69, 9.17) is 0 Å². The van der Waals surface area contributed by atoms with Gasteiger partial charge in [0.05, 0.1) is 11.7 Å². The van der Waals surface area contributed by atoms with Crippen molar-refractivity contribution in [3.05, 3.63) is 35.8 Å². The topological polar surface area (TPSA) is 25.8 Å². The number of hydrogen-bond acceptors (Lipinski definition) is 2. The molecule has 0 unspecified atom stereocenters. The first-order valence-corrected chi connectivity index (χ1v) is 5.90. The SMILES string of the molecule is CC1(C)CCCc2ccnc3cncc1c23. The predicted molar refractivity (Wildman–Crippen MR) is 65.5 cm³/mol. The van der Waals surface area contributed by atoms with Gasteiger partial charge in [0.1, 0.15) is 0 Å². The van der Waals surface area contributed by atoms with Crippen LogP contribution in [-0.2, 0) is 11.8 Å². The van der Waals surface area contributed by atoms with Crippen molar-refractivity contribution in [2.45, 2.75) is 38.5 Å². The van der Waals surface area contributed by atoms with Gasteiger partial charge in [-0.1, -0.05) is 13.8 Å². The van der Waals surface area contributed by atoms with Crippen LogP contribution in [0.4, 0.5) is 0 Å². The fourth-order valence-corrected chi connectivity index (χ4v) is 2.75. The van der Waals surface area contributed by atoms with Gasteiger partial charge in [-0.05, 0) is 41.9 Å². The molecular weight excluding hydrogens is 196 g/mol. The monoisotopic (exact) mass is 212 g/mol. The van der Waals surface area contributed by atoms with Gasteiger partial charge < -0.3 is 0 Å². The van der Waals surface area contributed by atoms with Gasteiger partial charge >= 0.3 is 0 Å². The molecule has 0 spiro atoms. The fourth-order valence-electron chi connectivity index (χ4n) is 2.75. The van der Waals surface area contributed by atoms with E-state index in [1.165, 1.54) is 35.8 Å². The summed E-state index contributed by atoms with van der Waals surface area (Å²) in [7, 11) is 0. The Morgan fingerprint density at radius 3 is 3.00 bits per heavy atom. The lowest BCUT2D eigenvalue weighted by molar-refractivity contribution is 0.470. The van der Waals surface area contributed by atoms with Crippen LogP contribution >= 0.6 is 0 Å². The molecule has 16 heavy (non-hydrogen) atoms. The summed E-state index contributed by atoms with van der Waals surface area (Å²) in [5, 5.41) is 1.35. The zero-order valence-electron chi connectivity index (χ0n) is 9.83. The van der Waals surface area contributed by atoms with Gasteiger partial charge in [-0.2, -0.15) is 0 Å². The summed E-state index contributed by atoms with van der Waals surface area (Å²) in [6.45, 7) is 4.62. The minimum atomic E-state index is 0.223. The molecule has 2 heterocycles. The summed E-state index contributed by atoms with van der Waals surface area (Å²) in [6.07, 6.45) is 9.45. The molecule has 2 nitrogen and oxygen atoms in total. The summed E-state index contributed by atoms with van der Waals surface area (Å²) >= 11 is 0.